The van der Waals surface area contributed by atoms with E-state index in [1.165, 1.54) is 12.8 Å². The fourth-order valence-corrected chi connectivity index (χ4v) is 2.06. The standard InChI is InChI=1S/C16H23NO2/c1-4-6-12(5-2)7-8-13-11-14(16(17)18)9-10-15(13)19-3/h7-12H,4-6H2,1-3H3,(H2,17,18)/b8-7+. The lowest BCUT2D eigenvalue weighted by atomic mass is 9.98. The van der Waals surface area contributed by atoms with Crippen LogP contribution in [0, 0.1) is 5.92 Å². The number of allylic oxidation sites excluding steroid dienone is 1. The molecule has 0 spiro atoms. The van der Waals surface area contributed by atoms with Gasteiger partial charge in [-0.3, -0.25) is 4.79 Å². The smallest absolute Gasteiger partial charge is 0.248 e. The fourth-order valence-electron chi connectivity index (χ4n) is 2.06. The van der Waals surface area contributed by atoms with Gasteiger partial charge >= 0.3 is 0 Å². The van der Waals surface area contributed by atoms with Gasteiger partial charge < -0.3 is 10.5 Å². The lowest BCUT2D eigenvalue weighted by Gasteiger charge is -2.09. The largest absolute Gasteiger partial charge is 0.496 e. The van der Waals surface area contributed by atoms with Gasteiger partial charge in [0.15, 0.2) is 0 Å². The first kappa shape index (κ1) is 15.3. The maximum absolute atomic E-state index is 11.2. The number of amides is 1. The zero-order valence-electron chi connectivity index (χ0n) is 12.0. The highest BCUT2D eigenvalue weighted by Crippen LogP contribution is 2.23. The van der Waals surface area contributed by atoms with Crippen molar-refractivity contribution in [2.75, 3.05) is 7.11 Å². The maximum atomic E-state index is 11.2. The molecular formula is C16H23NO2. The molecule has 0 fully saturated rings. The number of nitrogens with two attached hydrogens (primary N) is 1. The Balaban J connectivity index is 2.99. The van der Waals surface area contributed by atoms with Crippen molar-refractivity contribution in [3.8, 4) is 5.75 Å². The van der Waals surface area contributed by atoms with E-state index in [4.69, 9.17) is 10.5 Å². The number of carbonyl (C=O) groups excluding carboxylic acids is 1. The van der Waals surface area contributed by atoms with Gasteiger partial charge in [-0.2, -0.15) is 0 Å². The topological polar surface area (TPSA) is 52.3 Å². The molecule has 1 aromatic carbocycles. The van der Waals surface area contributed by atoms with Crippen molar-refractivity contribution in [3.05, 3.63) is 35.4 Å². The van der Waals surface area contributed by atoms with Crippen molar-refractivity contribution in [2.45, 2.75) is 33.1 Å². The van der Waals surface area contributed by atoms with Gasteiger partial charge in [0.2, 0.25) is 5.91 Å². The Kier molecular flexibility index (Phi) is 6.13. The molecule has 2 N–H and O–H groups in total. The van der Waals surface area contributed by atoms with Crippen LogP contribution in [-0.2, 0) is 0 Å². The van der Waals surface area contributed by atoms with Gasteiger partial charge in [-0.1, -0.05) is 32.4 Å². The summed E-state index contributed by atoms with van der Waals surface area (Å²) in [4.78, 5) is 11.2. The second-order valence-electron chi connectivity index (χ2n) is 4.64. The Morgan fingerprint density at radius 2 is 2.16 bits per heavy atom. The van der Waals surface area contributed by atoms with Crippen LogP contribution in [0.5, 0.6) is 5.75 Å². The molecule has 0 radical (unpaired) electrons. The molecule has 0 bridgehead atoms. The maximum Gasteiger partial charge on any atom is 0.248 e. The highest BCUT2D eigenvalue weighted by atomic mass is 16.5. The summed E-state index contributed by atoms with van der Waals surface area (Å²) in [6, 6.07) is 5.23. The first-order chi connectivity index (χ1) is 9.12. The monoisotopic (exact) mass is 261 g/mol. The van der Waals surface area contributed by atoms with Gasteiger partial charge in [0, 0.05) is 11.1 Å². The Hall–Kier alpha value is -1.77. The predicted molar refractivity (Wildman–Crippen MR) is 79.2 cm³/mol. The van der Waals surface area contributed by atoms with E-state index in [1.54, 1.807) is 25.3 Å². The Labute approximate surface area is 115 Å². The van der Waals surface area contributed by atoms with Crippen LogP contribution in [0.3, 0.4) is 0 Å². The number of ether oxygens (including phenoxy) is 1. The van der Waals surface area contributed by atoms with E-state index in [1.807, 2.05) is 6.08 Å². The molecule has 0 aromatic heterocycles. The third-order valence-corrected chi connectivity index (χ3v) is 3.25. The number of carbonyl (C=O) groups is 1. The molecule has 1 rings (SSSR count). The minimum Gasteiger partial charge on any atom is -0.496 e. The summed E-state index contributed by atoms with van der Waals surface area (Å²) in [5.74, 6) is 0.900. The number of rotatable bonds is 7. The average Bonchev–Trinajstić information content (AvgIpc) is 2.42. The van der Waals surface area contributed by atoms with E-state index >= 15 is 0 Å². The molecule has 0 aliphatic carbocycles. The zero-order valence-corrected chi connectivity index (χ0v) is 12.0. The summed E-state index contributed by atoms with van der Waals surface area (Å²) < 4.78 is 5.30. The highest BCUT2D eigenvalue weighted by Gasteiger charge is 2.06. The molecule has 0 saturated heterocycles. The predicted octanol–water partition coefficient (Wildman–Crippen LogP) is 3.63. The first-order valence-corrected chi connectivity index (χ1v) is 6.78. The van der Waals surface area contributed by atoms with Gasteiger partial charge in [0.05, 0.1) is 7.11 Å². The fraction of sp³-hybridized carbons (Fsp3) is 0.438. The summed E-state index contributed by atoms with van der Waals surface area (Å²) in [6.07, 6.45) is 7.66. The van der Waals surface area contributed by atoms with Gasteiger partial charge in [-0.25, -0.2) is 0 Å². The minimum absolute atomic E-state index is 0.419. The summed E-state index contributed by atoms with van der Waals surface area (Å²) in [7, 11) is 1.62. The lowest BCUT2D eigenvalue weighted by Crippen LogP contribution is -2.11. The Morgan fingerprint density at radius 1 is 1.42 bits per heavy atom. The Bertz CT molecular complexity index is 452. The number of primary amides is 1. The van der Waals surface area contributed by atoms with Crippen LogP contribution in [0.15, 0.2) is 24.3 Å². The molecule has 1 amide bonds. The van der Waals surface area contributed by atoms with E-state index in [-0.39, 0.29) is 0 Å². The van der Waals surface area contributed by atoms with Crippen LogP contribution >= 0.6 is 0 Å². The molecule has 3 nitrogen and oxygen atoms in total. The number of hydrogen-bond acceptors (Lipinski definition) is 2. The molecule has 0 saturated carbocycles. The number of benzene rings is 1. The molecule has 0 aliphatic rings. The molecular weight excluding hydrogens is 238 g/mol. The van der Waals surface area contributed by atoms with Crippen molar-refractivity contribution in [1.29, 1.82) is 0 Å². The summed E-state index contributed by atoms with van der Waals surface area (Å²) in [5.41, 5.74) is 6.70. The zero-order chi connectivity index (χ0) is 14.3. The minimum atomic E-state index is -0.419. The first-order valence-electron chi connectivity index (χ1n) is 6.78. The van der Waals surface area contributed by atoms with E-state index in [9.17, 15) is 4.79 Å². The molecule has 104 valence electrons. The van der Waals surface area contributed by atoms with Crippen molar-refractivity contribution in [3.63, 3.8) is 0 Å². The van der Waals surface area contributed by atoms with Crippen LogP contribution in [0.4, 0.5) is 0 Å². The molecule has 1 atom stereocenters. The van der Waals surface area contributed by atoms with Gasteiger partial charge in [0.25, 0.3) is 0 Å². The van der Waals surface area contributed by atoms with Crippen molar-refractivity contribution < 1.29 is 9.53 Å². The number of hydrogen-bond donors (Lipinski definition) is 1. The lowest BCUT2D eigenvalue weighted by molar-refractivity contribution is 0.1000. The van der Waals surface area contributed by atoms with Crippen LogP contribution in [0.25, 0.3) is 6.08 Å². The summed E-state index contributed by atoms with van der Waals surface area (Å²) >= 11 is 0. The third kappa shape index (κ3) is 4.43. The third-order valence-electron chi connectivity index (χ3n) is 3.25. The van der Waals surface area contributed by atoms with Crippen molar-refractivity contribution >= 4 is 12.0 Å². The van der Waals surface area contributed by atoms with Gasteiger partial charge in [-0.05, 0) is 37.0 Å². The van der Waals surface area contributed by atoms with Crippen LogP contribution in [0.1, 0.15) is 49.0 Å². The molecule has 1 unspecified atom stereocenters. The van der Waals surface area contributed by atoms with Gasteiger partial charge in [0.1, 0.15) is 5.75 Å². The molecule has 0 aliphatic heterocycles. The second-order valence-corrected chi connectivity index (χ2v) is 4.64. The SMILES string of the molecule is CCCC(/C=C/c1cc(C(N)=O)ccc1OC)CC. The van der Waals surface area contributed by atoms with Crippen LogP contribution in [-0.4, -0.2) is 13.0 Å². The summed E-state index contributed by atoms with van der Waals surface area (Å²) in [5, 5.41) is 0. The molecule has 0 heterocycles. The number of methoxy groups -OCH3 is 1. The molecule has 19 heavy (non-hydrogen) atoms. The summed E-state index contributed by atoms with van der Waals surface area (Å²) in [6.45, 7) is 4.37. The molecule has 3 heteroatoms. The van der Waals surface area contributed by atoms with E-state index in [0.717, 1.165) is 17.7 Å². The van der Waals surface area contributed by atoms with Crippen molar-refractivity contribution in [1.82, 2.24) is 0 Å². The van der Waals surface area contributed by atoms with Crippen LogP contribution in [0.2, 0.25) is 0 Å². The van der Waals surface area contributed by atoms with E-state index < -0.39 is 5.91 Å². The molecule has 1 aromatic rings. The van der Waals surface area contributed by atoms with Gasteiger partial charge in [-0.15, -0.1) is 0 Å². The van der Waals surface area contributed by atoms with Crippen LogP contribution < -0.4 is 10.5 Å². The normalized spacial score (nSPS) is 12.6. The second kappa shape index (κ2) is 7.62. The van der Waals surface area contributed by atoms with Crippen molar-refractivity contribution in [2.24, 2.45) is 11.7 Å². The van der Waals surface area contributed by atoms with E-state index in [2.05, 4.69) is 19.9 Å². The quantitative estimate of drug-likeness (QED) is 0.814. The average molecular weight is 261 g/mol. The van der Waals surface area contributed by atoms with E-state index in [0.29, 0.717) is 11.5 Å². The Morgan fingerprint density at radius 3 is 2.68 bits per heavy atom. The highest BCUT2D eigenvalue weighted by molar-refractivity contribution is 5.93.